The highest BCUT2D eigenvalue weighted by atomic mass is 19.1. The number of fused-ring (bicyclic) bond motifs is 1. The number of aryl methyl sites for hydroxylation is 1. The second kappa shape index (κ2) is 8.88. The fraction of sp³-hybridized carbons (Fsp3) is 0.375. The predicted octanol–water partition coefficient (Wildman–Crippen LogP) is 4.96. The number of aromatic nitrogens is 3. The summed E-state index contributed by atoms with van der Waals surface area (Å²) in [4.78, 5) is 4.73. The highest BCUT2D eigenvalue weighted by Gasteiger charge is 2.22. The van der Waals surface area contributed by atoms with Crippen LogP contribution in [0, 0.1) is 24.1 Å². The van der Waals surface area contributed by atoms with E-state index in [0.29, 0.717) is 11.9 Å². The number of halogens is 1. The standard InChI is InChI=1S/C24H29FN6/c1-15(2)14-27-22-9-7-19(12-17(22)13-26)28-24-29-23-21(5-4-10-31(23)30-24)20-8-6-18(25)11-16(20)3/h4-6,8,10-11,13,15,19,26-27H,7,9,12,14H2,1-3H3,(H,28,30). The van der Waals surface area contributed by atoms with Crippen LogP contribution in [0.5, 0.6) is 0 Å². The second-order valence-electron chi connectivity index (χ2n) is 8.59. The fourth-order valence-electron chi connectivity index (χ4n) is 4.06. The lowest BCUT2D eigenvalue weighted by Gasteiger charge is -2.27. The first-order valence-electron chi connectivity index (χ1n) is 10.8. The molecule has 3 aromatic rings. The molecule has 2 heterocycles. The molecule has 0 amide bonds. The van der Waals surface area contributed by atoms with Crippen molar-refractivity contribution in [3.63, 3.8) is 0 Å². The van der Waals surface area contributed by atoms with Gasteiger partial charge in [0.25, 0.3) is 0 Å². The minimum absolute atomic E-state index is 0.176. The van der Waals surface area contributed by atoms with Gasteiger partial charge in [0.05, 0.1) is 0 Å². The van der Waals surface area contributed by atoms with Crippen LogP contribution in [-0.4, -0.2) is 33.4 Å². The van der Waals surface area contributed by atoms with E-state index in [1.807, 2.05) is 25.3 Å². The molecular formula is C24H29FN6. The van der Waals surface area contributed by atoms with Gasteiger partial charge in [0.2, 0.25) is 5.95 Å². The maximum atomic E-state index is 13.6. The molecule has 0 saturated carbocycles. The Morgan fingerprint density at radius 2 is 2.13 bits per heavy atom. The lowest BCUT2D eigenvalue weighted by Crippen LogP contribution is -2.30. The summed E-state index contributed by atoms with van der Waals surface area (Å²) in [6.07, 6.45) is 5.96. The maximum absolute atomic E-state index is 13.6. The van der Waals surface area contributed by atoms with Crippen molar-refractivity contribution in [2.45, 2.75) is 46.1 Å². The van der Waals surface area contributed by atoms with E-state index >= 15 is 0 Å². The molecule has 0 aliphatic heterocycles. The van der Waals surface area contributed by atoms with Crippen LogP contribution in [0.25, 0.3) is 16.8 Å². The second-order valence-corrected chi connectivity index (χ2v) is 8.59. The molecule has 7 heteroatoms. The Morgan fingerprint density at radius 1 is 1.29 bits per heavy atom. The van der Waals surface area contributed by atoms with Crippen LogP contribution in [-0.2, 0) is 0 Å². The average molecular weight is 421 g/mol. The van der Waals surface area contributed by atoms with E-state index in [1.165, 1.54) is 24.0 Å². The van der Waals surface area contributed by atoms with Gasteiger partial charge in [-0.1, -0.05) is 19.9 Å². The molecule has 0 saturated heterocycles. The van der Waals surface area contributed by atoms with E-state index in [9.17, 15) is 4.39 Å². The van der Waals surface area contributed by atoms with E-state index in [-0.39, 0.29) is 11.9 Å². The van der Waals surface area contributed by atoms with Gasteiger partial charge in [-0.05, 0) is 73.1 Å². The molecule has 1 aromatic carbocycles. The molecule has 4 rings (SSSR count). The Balaban J connectivity index is 1.56. The van der Waals surface area contributed by atoms with Gasteiger partial charge in [0.1, 0.15) is 5.82 Å². The van der Waals surface area contributed by atoms with Gasteiger partial charge in [0.15, 0.2) is 5.65 Å². The Hall–Kier alpha value is -3.22. The molecule has 1 aliphatic carbocycles. The summed E-state index contributed by atoms with van der Waals surface area (Å²) in [5.74, 6) is 0.892. The van der Waals surface area contributed by atoms with E-state index in [4.69, 9.17) is 10.4 Å². The third-order valence-corrected chi connectivity index (χ3v) is 5.67. The third kappa shape index (κ3) is 4.60. The van der Waals surface area contributed by atoms with E-state index < -0.39 is 0 Å². The molecule has 3 N–H and O–H groups in total. The number of anilines is 1. The number of allylic oxidation sites excluding steroid dienone is 1. The molecule has 0 radical (unpaired) electrons. The highest BCUT2D eigenvalue weighted by Crippen LogP contribution is 2.29. The van der Waals surface area contributed by atoms with Crippen molar-refractivity contribution < 1.29 is 4.39 Å². The van der Waals surface area contributed by atoms with Crippen molar-refractivity contribution in [1.82, 2.24) is 19.9 Å². The summed E-state index contributed by atoms with van der Waals surface area (Å²) < 4.78 is 15.3. The number of hydrogen-bond donors (Lipinski definition) is 3. The summed E-state index contributed by atoms with van der Waals surface area (Å²) in [6.45, 7) is 7.18. The number of pyridine rings is 1. The van der Waals surface area contributed by atoms with E-state index in [1.54, 1.807) is 10.6 Å². The Labute approximate surface area is 182 Å². The Kier molecular flexibility index (Phi) is 6.02. The van der Waals surface area contributed by atoms with Gasteiger partial charge in [0, 0.05) is 36.3 Å². The third-order valence-electron chi connectivity index (χ3n) is 5.67. The number of hydrogen-bond acceptors (Lipinski definition) is 5. The van der Waals surface area contributed by atoms with Crippen LogP contribution in [0.4, 0.5) is 10.3 Å². The van der Waals surface area contributed by atoms with Crippen LogP contribution in [0.3, 0.4) is 0 Å². The number of benzene rings is 1. The van der Waals surface area contributed by atoms with E-state index in [2.05, 4.69) is 29.6 Å². The average Bonchev–Trinajstić information content (AvgIpc) is 3.15. The monoisotopic (exact) mass is 420 g/mol. The molecule has 0 bridgehead atoms. The summed E-state index contributed by atoms with van der Waals surface area (Å²) in [6, 6.07) is 8.88. The normalized spacial score (nSPS) is 16.7. The fourth-order valence-corrected chi connectivity index (χ4v) is 4.06. The highest BCUT2D eigenvalue weighted by molar-refractivity contribution is 5.80. The zero-order chi connectivity index (χ0) is 22.0. The first-order valence-corrected chi connectivity index (χ1v) is 10.8. The van der Waals surface area contributed by atoms with Crippen molar-refractivity contribution in [2.24, 2.45) is 5.92 Å². The van der Waals surface area contributed by atoms with Crippen LogP contribution in [0.1, 0.15) is 38.7 Å². The molecule has 0 spiro atoms. The van der Waals surface area contributed by atoms with Crippen molar-refractivity contribution in [2.75, 3.05) is 11.9 Å². The van der Waals surface area contributed by atoms with Crippen LogP contribution in [0.15, 0.2) is 47.8 Å². The molecule has 6 nitrogen and oxygen atoms in total. The molecule has 2 aromatic heterocycles. The van der Waals surface area contributed by atoms with Gasteiger partial charge in [-0.25, -0.2) is 8.91 Å². The minimum Gasteiger partial charge on any atom is -0.388 e. The molecular weight excluding hydrogens is 391 g/mol. The van der Waals surface area contributed by atoms with Crippen LogP contribution < -0.4 is 10.6 Å². The predicted molar refractivity (Wildman–Crippen MR) is 123 cm³/mol. The molecule has 1 unspecified atom stereocenters. The largest absolute Gasteiger partial charge is 0.388 e. The molecule has 31 heavy (non-hydrogen) atoms. The number of rotatable bonds is 7. The van der Waals surface area contributed by atoms with Crippen LogP contribution >= 0.6 is 0 Å². The van der Waals surface area contributed by atoms with Gasteiger partial charge >= 0.3 is 0 Å². The molecule has 0 fully saturated rings. The summed E-state index contributed by atoms with van der Waals surface area (Å²) in [7, 11) is 0. The van der Waals surface area contributed by atoms with Gasteiger partial charge in [-0.15, -0.1) is 5.10 Å². The Bertz CT molecular complexity index is 1130. The lowest BCUT2D eigenvalue weighted by molar-refractivity contribution is 0.538. The van der Waals surface area contributed by atoms with Crippen molar-refractivity contribution >= 4 is 17.8 Å². The number of nitrogens with one attached hydrogen (secondary N) is 3. The van der Waals surface area contributed by atoms with Gasteiger partial charge < -0.3 is 16.0 Å². The zero-order valence-corrected chi connectivity index (χ0v) is 18.2. The van der Waals surface area contributed by atoms with Gasteiger partial charge in [-0.2, -0.15) is 4.98 Å². The maximum Gasteiger partial charge on any atom is 0.243 e. The van der Waals surface area contributed by atoms with Crippen molar-refractivity contribution in [1.29, 1.82) is 5.41 Å². The van der Waals surface area contributed by atoms with E-state index in [0.717, 1.165) is 53.7 Å². The first-order chi connectivity index (χ1) is 14.9. The van der Waals surface area contributed by atoms with Crippen LogP contribution in [0.2, 0.25) is 0 Å². The summed E-state index contributed by atoms with van der Waals surface area (Å²) in [5.41, 5.74) is 5.68. The SMILES string of the molecule is Cc1cc(F)ccc1-c1cccn2nc(NC3CCC(NCC(C)C)=C(C=N)C3)nc12. The topological polar surface area (TPSA) is 78.1 Å². The minimum atomic E-state index is -0.244. The Morgan fingerprint density at radius 3 is 2.87 bits per heavy atom. The summed E-state index contributed by atoms with van der Waals surface area (Å²) >= 11 is 0. The van der Waals surface area contributed by atoms with Crippen molar-refractivity contribution in [3.8, 4) is 11.1 Å². The quantitative estimate of drug-likeness (QED) is 0.472. The zero-order valence-electron chi connectivity index (χ0n) is 18.2. The molecule has 162 valence electrons. The first kappa shape index (κ1) is 21.0. The molecule has 1 atom stereocenters. The number of nitrogens with zero attached hydrogens (tertiary/aromatic N) is 3. The summed E-state index contributed by atoms with van der Waals surface area (Å²) in [5, 5.41) is 19.4. The molecule has 1 aliphatic rings. The van der Waals surface area contributed by atoms with Gasteiger partial charge in [-0.3, -0.25) is 0 Å². The smallest absolute Gasteiger partial charge is 0.243 e. The lowest BCUT2D eigenvalue weighted by atomic mass is 9.92. The van der Waals surface area contributed by atoms with Crippen molar-refractivity contribution in [3.05, 3.63) is 59.2 Å².